The lowest BCUT2D eigenvalue weighted by Crippen LogP contribution is -2.52. The zero-order chi connectivity index (χ0) is 25.9. The summed E-state index contributed by atoms with van der Waals surface area (Å²) in [6.07, 6.45) is -0.121. The van der Waals surface area contributed by atoms with Gasteiger partial charge in [-0.2, -0.15) is 5.10 Å². The van der Waals surface area contributed by atoms with Crippen LogP contribution in [-0.4, -0.2) is 52.0 Å². The van der Waals surface area contributed by atoms with Crippen molar-refractivity contribution in [1.82, 2.24) is 14.7 Å². The van der Waals surface area contributed by atoms with E-state index >= 15 is 0 Å². The lowest BCUT2D eigenvalue weighted by atomic mass is 10.0. The Morgan fingerprint density at radius 3 is 2.61 bits per heavy atom. The standard InChI is InChI=1S/C27H32BrN3O5/c1-5-34-25(32)12-19-8-6-7-9-24(19)35-17-22-21-13-20(28)10-11-23(21)31(29-22)16-18-14-30(15-18)26(33)36-27(2,3)4/h6-11,13,18H,5,12,14-17H2,1-4H3. The van der Waals surface area contributed by atoms with Crippen molar-refractivity contribution in [3.8, 4) is 5.75 Å². The van der Waals surface area contributed by atoms with E-state index in [2.05, 4.69) is 15.9 Å². The van der Waals surface area contributed by atoms with Gasteiger partial charge in [-0.05, 0) is 52.0 Å². The largest absolute Gasteiger partial charge is 0.487 e. The number of esters is 1. The first-order valence-corrected chi connectivity index (χ1v) is 12.9. The number of amides is 1. The number of rotatable bonds is 8. The molecule has 0 bridgehead atoms. The molecule has 8 nitrogen and oxygen atoms in total. The summed E-state index contributed by atoms with van der Waals surface area (Å²) in [5, 5.41) is 5.86. The van der Waals surface area contributed by atoms with Crippen LogP contribution in [-0.2, 0) is 33.8 Å². The first-order valence-electron chi connectivity index (χ1n) is 12.1. The van der Waals surface area contributed by atoms with Crippen LogP contribution < -0.4 is 4.74 Å². The van der Waals surface area contributed by atoms with Crippen molar-refractivity contribution in [3.05, 3.63) is 58.2 Å². The third-order valence-electron chi connectivity index (χ3n) is 5.81. The molecule has 0 aliphatic carbocycles. The zero-order valence-corrected chi connectivity index (χ0v) is 22.7. The van der Waals surface area contributed by atoms with E-state index in [0.29, 0.717) is 37.9 Å². The van der Waals surface area contributed by atoms with E-state index in [1.165, 1.54) is 0 Å². The Kier molecular flexibility index (Phi) is 7.88. The van der Waals surface area contributed by atoms with Gasteiger partial charge < -0.3 is 19.1 Å². The highest BCUT2D eigenvalue weighted by atomic mass is 79.9. The molecule has 0 saturated carbocycles. The number of nitrogens with zero attached hydrogens (tertiary/aromatic N) is 3. The molecule has 0 N–H and O–H groups in total. The zero-order valence-electron chi connectivity index (χ0n) is 21.1. The monoisotopic (exact) mass is 557 g/mol. The summed E-state index contributed by atoms with van der Waals surface area (Å²) in [6, 6.07) is 13.5. The predicted molar refractivity (Wildman–Crippen MR) is 140 cm³/mol. The van der Waals surface area contributed by atoms with Gasteiger partial charge in [-0.1, -0.05) is 34.1 Å². The van der Waals surface area contributed by atoms with Crippen molar-refractivity contribution in [2.75, 3.05) is 19.7 Å². The number of para-hydroxylation sites is 1. The molecule has 2 heterocycles. The fourth-order valence-electron chi connectivity index (χ4n) is 4.17. The van der Waals surface area contributed by atoms with Gasteiger partial charge in [0, 0.05) is 41.0 Å². The van der Waals surface area contributed by atoms with Crippen molar-refractivity contribution in [2.45, 2.75) is 52.9 Å². The summed E-state index contributed by atoms with van der Waals surface area (Å²) in [6.45, 7) is 9.97. The summed E-state index contributed by atoms with van der Waals surface area (Å²) in [5.41, 5.74) is 2.09. The number of halogens is 1. The minimum absolute atomic E-state index is 0.153. The Bertz CT molecular complexity index is 1240. The van der Waals surface area contributed by atoms with Gasteiger partial charge in [0.15, 0.2) is 0 Å². The van der Waals surface area contributed by atoms with E-state index in [-0.39, 0.29) is 25.1 Å². The maximum Gasteiger partial charge on any atom is 0.410 e. The highest BCUT2D eigenvalue weighted by Gasteiger charge is 2.34. The molecule has 1 fully saturated rings. The van der Waals surface area contributed by atoms with Crippen LogP contribution in [0.5, 0.6) is 5.75 Å². The molecule has 3 aromatic rings. The van der Waals surface area contributed by atoms with Crippen molar-refractivity contribution >= 4 is 38.9 Å². The first-order chi connectivity index (χ1) is 17.1. The van der Waals surface area contributed by atoms with Gasteiger partial charge in [-0.25, -0.2) is 4.79 Å². The summed E-state index contributed by atoms with van der Waals surface area (Å²) >= 11 is 3.56. The first kappa shape index (κ1) is 26.0. The Morgan fingerprint density at radius 1 is 1.14 bits per heavy atom. The van der Waals surface area contributed by atoms with E-state index in [0.717, 1.165) is 26.6 Å². The second-order valence-corrected chi connectivity index (χ2v) is 10.8. The van der Waals surface area contributed by atoms with Gasteiger partial charge in [-0.15, -0.1) is 0 Å². The molecule has 192 valence electrons. The molecule has 0 radical (unpaired) electrons. The van der Waals surface area contributed by atoms with E-state index in [1.807, 2.05) is 67.9 Å². The molecule has 1 amide bonds. The fraction of sp³-hybridized carbons (Fsp3) is 0.444. The van der Waals surface area contributed by atoms with Crippen LogP contribution in [0.15, 0.2) is 46.9 Å². The number of hydrogen-bond acceptors (Lipinski definition) is 6. The number of carbonyl (C=O) groups excluding carboxylic acids is 2. The number of likely N-dealkylation sites (tertiary alicyclic amines) is 1. The quantitative estimate of drug-likeness (QED) is 0.347. The Balaban J connectivity index is 1.46. The third-order valence-corrected chi connectivity index (χ3v) is 6.30. The molecule has 1 aromatic heterocycles. The molecule has 0 atom stereocenters. The topological polar surface area (TPSA) is 82.9 Å². The van der Waals surface area contributed by atoms with Crippen LogP contribution in [0.2, 0.25) is 0 Å². The molecule has 0 spiro atoms. The van der Waals surface area contributed by atoms with E-state index in [9.17, 15) is 9.59 Å². The summed E-state index contributed by atoms with van der Waals surface area (Å²) in [7, 11) is 0. The number of hydrogen-bond donors (Lipinski definition) is 0. The minimum Gasteiger partial charge on any atom is -0.487 e. The van der Waals surface area contributed by atoms with E-state index < -0.39 is 5.60 Å². The summed E-state index contributed by atoms with van der Waals surface area (Å²) in [5.74, 6) is 0.645. The van der Waals surface area contributed by atoms with Crippen LogP contribution in [0.1, 0.15) is 39.0 Å². The number of aromatic nitrogens is 2. The third kappa shape index (κ3) is 6.37. The normalized spacial score (nSPS) is 14.0. The highest BCUT2D eigenvalue weighted by Crippen LogP contribution is 2.28. The highest BCUT2D eigenvalue weighted by molar-refractivity contribution is 9.10. The average Bonchev–Trinajstić information content (AvgIpc) is 3.10. The van der Waals surface area contributed by atoms with Crippen LogP contribution in [0.25, 0.3) is 10.9 Å². The summed E-state index contributed by atoms with van der Waals surface area (Å²) in [4.78, 5) is 26.0. The SMILES string of the molecule is CCOC(=O)Cc1ccccc1OCc1nn(CC2CN(C(=O)OC(C)(C)C)C2)c2ccc(Br)cc12. The lowest BCUT2D eigenvalue weighted by Gasteiger charge is -2.39. The number of fused-ring (bicyclic) bond motifs is 1. The van der Waals surface area contributed by atoms with Crippen LogP contribution >= 0.6 is 15.9 Å². The van der Waals surface area contributed by atoms with Crippen LogP contribution in [0, 0.1) is 5.92 Å². The van der Waals surface area contributed by atoms with Gasteiger partial charge >= 0.3 is 12.1 Å². The molecule has 1 aliphatic rings. The molecule has 1 saturated heterocycles. The second kappa shape index (κ2) is 10.9. The molecular formula is C27H32BrN3O5. The lowest BCUT2D eigenvalue weighted by molar-refractivity contribution is -0.142. The Labute approximate surface area is 219 Å². The molecule has 1 aliphatic heterocycles. The van der Waals surface area contributed by atoms with Gasteiger partial charge in [-0.3, -0.25) is 9.48 Å². The Hall–Kier alpha value is -3.07. The van der Waals surface area contributed by atoms with Gasteiger partial charge in [0.1, 0.15) is 23.7 Å². The summed E-state index contributed by atoms with van der Waals surface area (Å²) < 4.78 is 19.6. The smallest absolute Gasteiger partial charge is 0.410 e. The molecular weight excluding hydrogens is 526 g/mol. The second-order valence-electron chi connectivity index (χ2n) is 9.92. The fourth-order valence-corrected chi connectivity index (χ4v) is 4.53. The maximum absolute atomic E-state index is 12.3. The predicted octanol–water partition coefficient (Wildman–Crippen LogP) is 5.35. The van der Waals surface area contributed by atoms with Crippen LogP contribution in [0.4, 0.5) is 4.79 Å². The van der Waals surface area contributed by atoms with E-state index in [1.54, 1.807) is 11.8 Å². The Morgan fingerprint density at radius 2 is 1.89 bits per heavy atom. The van der Waals surface area contributed by atoms with Crippen molar-refractivity contribution < 1.29 is 23.8 Å². The van der Waals surface area contributed by atoms with Crippen LogP contribution in [0.3, 0.4) is 0 Å². The van der Waals surface area contributed by atoms with Gasteiger partial charge in [0.2, 0.25) is 0 Å². The van der Waals surface area contributed by atoms with Crippen molar-refractivity contribution in [2.24, 2.45) is 5.92 Å². The number of benzene rings is 2. The van der Waals surface area contributed by atoms with Crippen molar-refractivity contribution in [1.29, 1.82) is 0 Å². The molecule has 2 aromatic carbocycles. The van der Waals surface area contributed by atoms with Gasteiger partial charge in [0.05, 0.1) is 18.5 Å². The number of carbonyl (C=O) groups is 2. The van der Waals surface area contributed by atoms with E-state index in [4.69, 9.17) is 19.3 Å². The maximum atomic E-state index is 12.3. The number of ether oxygens (including phenoxy) is 3. The molecule has 4 rings (SSSR count). The average molecular weight is 558 g/mol. The minimum atomic E-state index is -0.502. The molecule has 0 unspecified atom stereocenters. The van der Waals surface area contributed by atoms with Crippen molar-refractivity contribution in [3.63, 3.8) is 0 Å². The molecule has 36 heavy (non-hydrogen) atoms. The molecule has 9 heteroatoms. The van der Waals surface area contributed by atoms with Gasteiger partial charge in [0.25, 0.3) is 0 Å².